The predicted molar refractivity (Wildman–Crippen MR) is 81.8 cm³/mol. The van der Waals surface area contributed by atoms with Gasteiger partial charge in [0, 0.05) is 9.26 Å². The highest BCUT2D eigenvalue weighted by Crippen LogP contribution is 2.10. The van der Waals surface area contributed by atoms with Crippen molar-refractivity contribution in [1.29, 1.82) is 0 Å². The van der Waals surface area contributed by atoms with Gasteiger partial charge < -0.3 is 10.2 Å². The first-order valence-electron chi connectivity index (χ1n) is 6.55. The molecule has 2 atom stereocenters. The van der Waals surface area contributed by atoms with E-state index in [9.17, 15) is 4.79 Å². The molecule has 1 aromatic rings. The summed E-state index contributed by atoms with van der Waals surface area (Å²) in [4.78, 5) is 13.4. The molecule has 1 aliphatic heterocycles. The van der Waals surface area contributed by atoms with E-state index in [2.05, 4.69) is 34.8 Å². The van der Waals surface area contributed by atoms with Crippen LogP contribution in [0, 0.1) is 3.57 Å². The van der Waals surface area contributed by atoms with Crippen molar-refractivity contribution in [1.82, 2.24) is 0 Å². The Balaban J connectivity index is 1.86. The minimum Gasteiger partial charge on any atom is -0.325 e. The SMILES string of the molecule is C[C@@H]1CCCC[NH+]1CC(=O)Nc1ccc(I)cc1. The van der Waals surface area contributed by atoms with E-state index in [1.54, 1.807) is 0 Å². The molecule has 2 N–H and O–H groups in total. The van der Waals surface area contributed by atoms with E-state index in [-0.39, 0.29) is 5.91 Å². The number of halogens is 1. The zero-order valence-electron chi connectivity index (χ0n) is 10.7. The molecular formula is C14H20IN2O+. The van der Waals surface area contributed by atoms with Crippen LogP contribution < -0.4 is 10.2 Å². The van der Waals surface area contributed by atoms with E-state index in [0.29, 0.717) is 12.6 Å². The molecule has 2 rings (SSSR count). The summed E-state index contributed by atoms with van der Waals surface area (Å²) in [6.45, 7) is 3.96. The molecule has 0 spiro atoms. The number of benzene rings is 1. The standard InChI is InChI=1S/C14H19IN2O/c1-11-4-2-3-9-17(11)10-14(18)16-13-7-5-12(15)6-8-13/h5-8,11H,2-4,9-10H2,1H3,(H,16,18)/p+1/t11-/m1/s1. The maximum absolute atomic E-state index is 12.0. The summed E-state index contributed by atoms with van der Waals surface area (Å²) in [6.07, 6.45) is 3.80. The van der Waals surface area contributed by atoms with E-state index in [1.165, 1.54) is 27.7 Å². The molecular weight excluding hydrogens is 339 g/mol. The lowest BCUT2D eigenvalue weighted by molar-refractivity contribution is -0.920. The minimum atomic E-state index is 0.125. The molecule has 0 radical (unpaired) electrons. The Kier molecular flexibility index (Phi) is 5.00. The monoisotopic (exact) mass is 359 g/mol. The van der Waals surface area contributed by atoms with Crippen LogP contribution in [-0.2, 0) is 4.79 Å². The van der Waals surface area contributed by atoms with Crippen LogP contribution in [0.3, 0.4) is 0 Å². The topological polar surface area (TPSA) is 33.5 Å². The number of hydrogen-bond acceptors (Lipinski definition) is 1. The van der Waals surface area contributed by atoms with Crippen LogP contribution in [0.1, 0.15) is 26.2 Å². The number of rotatable bonds is 3. The van der Waals surface area contributed by atoms with Gasteiger partial charge in [0.2, 0.25) is 0 Å². The van der Waals surface area contributed by atoms with Crippen LogP contribution in [0.5, 0.6) is 0 Å². The van der Waals surface area contributed by atoms with Gasteiger partial charge in [-0.3, -0.25) is 4.79 Å². The fraction of sp³-hybridized carbons (Fsp3) is 0.500. The van der Waals surface area contributed by atoms with Crippen molar-refractivity contribution in [3.05, 3.63) is 27.8 Å². The average molecular weight is 359 g/mol. The van der Waals surface area contributed by atoms with Crippen molar-refractivity contribution < 1.29 is 9.69 Å². The van der Waals surface area contributed by atoms with Crippen LogP contribution in [-0.4, -0.2) is 25.0 Å². The second-order valence-electron chi connectivity index (χ2n) is 5.04. The van der Waals surface area contributed by atoms with Gasteiger partial charge >= 0.3 is 0 Å². The zero-order chi connectivity index (χ0) is 13.0. The molecule has 1 amide bonds. The molecule has 0 saturated carbocycles. The van der Waals surface area contributed by atoms with E-state index in [4.69, 9.17) is 0 Å². The number of amides is 1. The van der Waals surface area contributed by atoms with Crippen molar-refractivity contribution in [2.45, 2.75) is 32.2 Å². The third-order valence-electron chi connectivity index (χ3n) is 3.60. The van der Waals surface area contributed by atoms with Gasteiger partial charge in [0.05, 0.1) is 12.6 Å². The summed E-state index contributed by atoms with van der Waals surface area (Å²) < 4.78 is 1.18. The summed E-state index contributed by atoms with van der Waals surface area (Å²) in [6, 6.07) is 8.53. The largest absolute Gasteiger partial charge is 0.325 e. The highest BCUT2D eigenvalue weighted by atomic mass is 127. The average Bonchev–Trinajstić information content (AvgIpc) is 2.35. The smallest absolute Gasteiger partial charge is 0.279 e. The van der Waals surface area contributed by atoms with Gasteiger partial charge in [-0.1, -0.05) is 0 Å². The maximum atomic E-state index is 12.0. The van der Waals surface area contributed by atoms with Crippen molar-refractivity contribution in [3.8, 4) is 0 Å². The summed E-state index contributed by atoms with van der Waals surface area (Å²) in [7, 11) is 0. The molecule has 1 saturated heterocycles. The lowest BCUT2D eigenvalue weighted by atomic mass is 10.0. The fourth-order valence-corrected chi connectivity index (χ4v) is 2.82. The van der Waals surface area contributed by atoms with Crippen LogP contribution in [0.4, 0.5) is 5.69 Å². The first kappa shape index (κ1) is 13.8. The van der Waals surface area contributed by atoms with Crippen molar-refractivity contribution in [3.63, 3.8) is 0 Å². The number of anilines is 1. The number of likely N-dealkylation sites (tertiary alicyclic amines) is 1. The number of carbonyl (C=O) groups excluding carboxylic acids is 1. The Bertz CT molecular complexity index is 405. The Morgan fingerprint density at radius 1 is 1.39 bits per heavy atom. The molecule has 1 unspecified atom stereocenters. The number of nitrogens with one attached hydrogen (secondary N) is 2. The lowest BCUT2D eigenvalue weighted by Gasteiger charge is -2.29. The van der Waals surface area contributed by atoms with Crippen molar-refractivity contribution in [2.24, 2.45) is 0 Å². The molecule has 1 aromatic carbocycles. The molecule has 18 heavy (non-hydrogen) atoms. The Morgan fingerprint density at radius 2 is 2.11 bits per heavy atom. The van der Waals surface area contributed by atoms with Crippen molar-refractivity contribution >= 4 is 34.2 Å². The van der Waals surface area contributed by atoms with Crippen LogP contribution in [0.25, 0.3) is 0 Å². The van der Waals surface area contributed by atoms with Gasteiger partial charge in [-0.05, 0) is 73.0 Å². The van der Waals surface area contributed by atoms with Crippen LogP contribution in [0.15, 0.2) is 24.3 Å². The van der Waals surface area contributed by atoms with Gasteiger partial charge in [-0.15, -0.1) is 0 Å². The van der Waals surface area contributed by atoms with Crippen molar-refractivity contribution in [2.75, 3.05) is 18.4 Å². The first-order chi connectivity index (χ1) is 8.65. The Morgan fingerprint density at radius 3 is 2.78 bits per heavy atom. The molecule has 4 heteroatoms. The summed E-state index contributed by atoms with van der Waals surface area (Å²) in [5.41, 5.74) is 0.893. The maximum Gasteiger partial charge on any atom is 0.279 e. The second kappa shape index (κ2) is 6.52. The summed E-state index contributed by atoms with van der Waals surface area (Å²) in [5, 5.41) is 2.97. The van der Waals surface area contributed by atoms with E-state index in [0.717, 1.165) is 12.2 Å². The Hall–Kier alpha value is -0.620. The molecule has 0 bridgehead atoms. The molecule has 1 heterocycles. The van der Waals surface area contributed by atoms with Gasteiger partial charge in [-0.2, -0.15) is 0 Å². The summed E-state index contributed by atoms with van der Waals surface area (Å²) in [5.74, 6) is 0.125. The summed E-state index contributed by atoms with van der Waals surface area (Å²) >= 11 is 2.26. The van der Waals surface area contributed by atoms with E-state index in [1.807, 2.05) is 24.3 Å². The lowest BCUT2D eigenvalue weighted by Crippen LogP contribution is -3.17. The number of piperidine rings is 1. The minimum absolute atomic E-state index is 0.125. The number of hydrogen-bond donors (Lipinski definition) is 2. The predicted octanol–water partition coefficient (Wildman–Crippen LogP) is 1.69. The quantitative estimate of drug-likeness (QED) is 0.792. The highest BCUT2D eigenvalue weighted by Gasteiger charge is 2.23. The first-order valence-corrected chi connectivity index (χ1v) is 7.63. The van der Waals surface area contributed by atoms with Crippen LogP contribution >= 0.6 is 22.6 Å². The van der Waals surface area contributed by atoms with Gasteiger partial charge in [-0.25, -0.2) is 0 Å². The normalized spacial score (nSPS) is 23.7. The number of carbonyl (C=O) groups is 1. The molecule has 1 fully saturated rings. The van der Waals surface area contributed by atoms with Gasteiger partial charge in [0.15, 0.2) is 6.54 Å². The van der Waals surface area contributed by atoms with E-state index < -0.39 is 0 Å². The Labute approximate surface area is 122 Å². The fourth-order valence-electron chi connectivity index (χ4n) is 2.46. The van der Waals surface area contributed by atoms with Gasteiger partial charge in [0.1, 0.15) is 0 Å². The number of quaternary nitrogens is 1. The van der Waals surface area contributed by atoms with E-state index >= 15 is 0 Å². The second-order valence-corrected chi connectivity index (χ2v) is 6.28. The molecule has 98 valence electrons. The van der Waals surface area contributed by atoms with Gasteiger partial charge in [0.25, 0.3) is 5.91 Å². The third kappa shape index (κ3) is 3.95. The molecule has 0 aromatic heterocycles. The molecule has 1 aliphatic rings. The molecule has 0 aliphatic carbocycles. The zero-order valence-corrected chi connectivity index (χ0v) is 12.9. The molecule has 3 nitrogen and oxygen atoms in total. The highest BCUT2D eigenvalue weighted by molar-refractivity contribution is 14.1. The third-order valence-corrected chi connectivity index (χ3v) is 4.32. The van der Waals surface area contributed by atoms with Crippen LogP contribution in [0.2, 0.25) is 0 Å².